The summed E-state index contributed by atoms with van der Waals surface area (Å²) in [7, 11) is 0. The molecule has 9 nitrogen and oxygen atoms in total. The Morgan fingerprint density at radius 1 is 1.02 bits per heavy atom. The molecule has 9 heteroatoms. The van der Waals surface area contributed by atoms with Crippen molar-refractivity contribution >= 4 is 11.9 Å². The van der Waals surface area contributed by atoms with Crippen LogP contribution in [0, 0.1) is 0 Å². The summed E-state index contributed by atoms with van der Waals surface area (Å²) < 4.78 is 36.9. The van der Waals surface area contributed by atoms with Crippen molar-refractivity contribution in [3.8, 4) is 0 Å². The van der Waals surface area contributed by atoms with E-state index in [0.29, 0.717) is 6.61 Å². The molecular formula is C35H47NO8. The minimum Gasteiger partial charge on any atom is -0.457 e. The summed E-state index contributed by atoms with van der Waals surface area (Å²) >= 11 is 0. The van der Waals surface area contributed by atoms with Gasteiger partial charge in [0.15, 0.2) is 18.7 Å². The molecule has 0 spiro atoms. The van der Waals surface area contributed by atoms with E-state index in [2.05, 4.69) is 18.8 Å². The number of ether oxygens (including phenoxy) is 6. The fourth-order valence-electron chi connectivity index (χ4n) is 5.58. The Bertz CT molecular complexity index is 1150. The number of unbranched alkanes of at least 4 members (excludes halogenated alkanes) is 4. The molecule has 2 aliphatic heterocycles. The Kier molecular flexibility index (Phi) is 13.8. The molecule has 2 aromatic rings. The maximum atomic E-state index is 13.6. The van der Waals surface area contributed by atoms with Crippen molar-refractivity contribution in [2.24, 2.45) is 0 Å². The van der Waals surface area contributed by atoms with Crippen molar-refractivity contribution in [3.63, 3.8) is 0 Å². The number of hydrogen-bond acceptors (Lipinski definition) is 8. The highest BCUT2D eigenvalue weighted by Crippen LogP contribution is 2.36. The Morgan fingerprint density at radius 3 is 2.45 bits per heavy atom. The summed E-state index contributed by atoms with van der Waals surface area (Å²) in [6.45, 7) is 8.09. The van der Waals surface area contributed by atoms with Crippen LogP contribution < -0.4 is 5.32 Å². The zero-order valence-electron chi connectivity index (χ0n) is 25.9. The zero-order valence-corrected chi connectivity index (χ0v) is 25.9. The highest BCUT2D eigenvalue weighted by Gasteiger charge is 2.52. The molecular weight excluding hydrogens is 562 g/mol. The fourth-order valence-corrected chi connectivity index (χ4v) is 5.58. The second-order valence-corrected chi connectivity index (χ2v) is 11.3. The van der Waals surface area contributed by atoms with Gasteiger partial charge < -0.3 is 33.7 Å². The number of amides is 1. The molecule has 44 heavy (non-hydrogen) atoms. The Morgan fingerprint density at radius 2 is 1.75 bits per heavy atom. The summed E-state index contributed by atoms with van der Waals surface area (Å²) in [5, 5.41) is 2.89. The van der Waals surface area contributed by atoms with Crippen LogP contribution in [0.25, 0.3) is 0 Å². The molecule has 2 aromatic carbocycles. The van der Waals surface area contributed by atoms with Gasteiger partial charge in [0, 0.05) is 12.5 Å². The molecule has 1 unspecified atom stereocenters. The van der Waals surface area contributed by atoms with Crippen LogP contribution in [-0.2, 0) is 44.6 Å². The zero-order chi connectivity index (χ0) is 31.1. The molecule has 0 aromatic heterocycles. The Balaban J connectivity index is 1.51. The third-order valence-electron chi connectivity index (χ3n) is 7.78. The van der Waals surface area contributed by atoms with Gasteiger partial charge in [0.25, 0.3) is 0 Å². The largest absolute Gasteiger partial charge is 0.457 e. The maximum absolute atomic E-state index is 13.6. The van der Waals surface area contributed by atoms with Crippen LogP contribution in [0.5, 0.6) is 0 Å². The first-order chi connectivity index (χ1) is 21.5. The molecule has 7 atom stereocenters. The lowest BCUT2D eigenvalue weighted by Crippen LogP contribution is -2.67. The SMILES string of the molecule is C=CCO[C@H]1O[C@@H]2COC(c3ccccc3)O[C@H]2[C@H](OC(=O)C[C@@H](CCCCCCC)OCc2ccccc2)[C@H]1NC(C)=O. The maximum Gasteiger partial charge on any atom is 0.308 e. The summed E-state index contributed by atoms with van der Waals surface area (Å²) in [6.07, 6.45) is 3.86. The van der Waals surface area contributed by atoms with E-state index in [9.17, 15) is 9.59 Å². The number of carbonyl (C=O) groups is 2. The average Bonchev–Trinajstić information content (AvgIpc) is 3.04. The van der Waals surface area contributed by atoms with Crippen molar-refractivity contribution in [1.29, 1.82) is 0 Å². The van der Waals surface area contributed by atoms with Crippen LogP contribution in [0.1, 0.15) is 76.2 Å². The average molecular weight is 610 g/mol. The standard InChI is InChI=1S/C35H47NO8/c1-4-6-7-8-15-20-28(40-23-26-16-11-9-12-17-26)22-30(38)43-33-31(36-25(3)37)35(39-21-5-2)42-29-24-41-34(44-32(29)33)27-18-13-10-14-19-27/h5,9-14,16-19,28-29,31-35H,2,4,6-8,15,20-24H2,1,3H3,(H,36,37)/t28-,29-,31-,32-,33-,34?,35+/m1/s1. The van der Waals surface area contributed by atoms with E-state index in [-0.39, 0.29) is 31.6 Å². The topological polar surface area (TPSA) is 102 Å². The Hall–Kier alpha value is -3.08. The van der Waals surface area contributed by atoms with Gasteiger partial charge in [-0.05, 0) is 12.0 Å². The summed E-state index contributed by atoms with van der Waals surface area (Å²) in [6, 6.07) is 18.6. The molecule has 1 amide bonds. The lowest BCUT2D eigenvalue weighted by molar-refractivity contribution is -0.344. The first-order valence-corrected chi connectivity index (χ1v) is 15.8. The van der Waals surface area contributed by atoms with E-state index in [0.717, 1.165) is 36.8 Å². The van der Waals surface area contributed by atoms with Crippen LogP contribution in [0.2, 0.25) is 0 Å². The normalized spacial score (nSPS) is 25.4. The lowest BCUT2D eigenvalue weighted by atomic mass is 9.95. The Labute approximate surface area is 261 Å². The van der Waals surface area contributed by atoms with Gasteiger partial charge in [0.1, 0.15) is 18.2 Å². The third-order valence-corrected chi connectivity index (χ3v) is 7.78. The van der Waals surface area contributed by atoms with Crippen LogP contribution in [0.15, 0.2) is 73.3 Å². The molecule has 2 fully saturated rings. The molecule has 0 bridgehead atoms. The van der Waals surface area contributed by atoms with E-state index < -0.39 is 42.9 Å². The van der Waals surface area contributed by atoms with Crippen LogP contribution in [0.4, 0.5) is 0 Å². The first kappa shape index (κ1) is 33.8. The van der Waals surface area contributed by atoms with Crippen LogP contribution in [0.3, 0.4) is 0 Å². The van der Waals surface area contributed by atoms with E-state index in [1.165, 1.54) is 19.8 Å². The number of carbonyl (C=O) groups excluding carboxylic acids is 2. The van der Waals surface area contributed by atoms with Crippen molar-refractivity contribution in [2.45, 2.75) is 108 Å². The van der Waals surface area contributed by atoms with Gasteiger partial charge in [0.05, 0.1) is 32.3 Å². The van der Waals surface area contributed by atoms with Gasteiger partial charge in [-0.25, -0.2) is 0 Å². The van der Waals surface area contributed by atoms with Crippen molar-refractivity contribution < 1.29 is 38.0 Å². The second-order valence-electron chi connectivity index (χ2n) is 11.3. The van der Waals surface area contributed by atoms with Gasteiger partial charge >= 0.3 is 5.97 Å². The minimum atomic E-state index is -0.903. The van der Waals surface area contributed by atoms with E-state index in [1.807, 2.05) is 60.7 Å². The third kappa shape index (κ3) is 10.2. The number of rotatable bonds is 17. The number of hydrogen-bond donors (Lipinski definition) is 1. The lowest BCUT2D eigenvalue weighted by Gasteiger charge is -2.48. The molecule has 4 rings (SSSR count). The van der Waals surface area contributed by atoms with Gasteiger partial charge in [-0.15, -0.1) is 6.58 Å². The molecule has 0 aliphatic carbocycles. The summed E-state index contributed by atoms with van der Waals surface area (Å²) in [5.41, 5.74) is 1.87. The fraction of sp³-hybridized carbons (Fsp3) is 0.543. The molecule has 2 heterocycles. The highest BCUT2D eigenvalue weighted by molar-refractivity contribution is 5.74. The van der Waals surface area contributed by atoms with E-state index in [1.54, 1.807) is 6.08 Å². The molecule has 1 N–H and O–H groups in total. The van der Waals surface area contributed by atoms with Crippen molar-refractivity contribution in [1.82, 2.24) is 5.32 Å². The van der Waals surface area contributed by atoms with Crippen molar-refractivity contribution in [2.75, 3.05) is 13.2 Å². The van der Waals surface area contributed by atoms with Gasteiger partial charge in [0.2, 0.25) is 5.91 Å². The quantitative estimate of drug-likeness (QED) is 0.137. The van der Waals surface area contributed by atoms with Crippen LogP contribution in [-0.4, -0.2) is 61.8 Å². The van der Waals surface area contributed by atoms with E-state index >= 15 is 0 Å². The molecule has 240 valence electrons. The molecule has 0 radical (unpaired) electrons. The van der Waals surface area contributed by atoms with E-state index in [4.69, 9.17) is 28.4 Å². The second kappa shape index (κ2) is 18.0. The predicted octanol–water partition coefficient (Wildman–Crippen LogP) is 5.78. The summed E-state index contributed by atoms with van der Waals surface area (Å²) in [4.78, 5) is 26.0. The minimum absolute atomic E-state index is 0.0684. The van der Waals surface area contributed by atoms with Gasteiger partial charge in [-0.2, -0.15) is 0 Å². The monoisotopic (exact) mass is 609 g/mol. The first-order valence-electron chi connectivity index (χ1n) is 15.8. The van der Waals surface area contributed by atoms with Gasteiger partial charge in [-0.1, -0.05) is 106 Å². The smallest absolute Gasteiger partial charge is 0.308 e. The van der Waals surface area contributed by atoms with Crippen molar-refractivity contribution in [3.05, 3.63) is 84.4 Å². The van der Waals surface area contributed by atoms with Gasteiger partial charge in [-0.3, -0.25) is 9.59 Å². The molecule has 2 aliphatic rings. The van der Waals surface area contributed by atoms with Crippen LogP contribution >= 0.6 is 0 Å². The molecule has 0 saturated carbocycles. The number of fused-ring (bicyclic) bond motifs is 1. The highest BCUT2D eigenvalue weighted by atomic mass is 16.8. The number of esters is 1. The number of benzene rings is 2. The number of nitrogens with one attached hydrogen (secondary N) is 1. The predicted molar refractivity (Wildman–Crippen MR) is 165 cm³/mol. The summed E-state index contributed by atoms with van der Waals surface area (Å²) in [5.74, 6) is -0.750. The molecule has 2 saturated heterocycles.